The molecule has 1 aliphatic heterocycles. The first kappa shape index (κ1) is 35.6. The number of rotatable bonds is 16. The van der Waals surface area contributed by atoms with Crippen molar-refractivity contribution in [1.82, 2.24) is 14.7 Å². The lowest BCUT2D eigenvalue weighted by molar-refractivity contribution is -0.145. The molecule has 0 saturated carbocycles. The number of hydrogen-bond acceptors (Lipinski definition) is 8. The minimum Gasteiger partial charge on any atom is -0.481 e. The Hall–Kier alpha value is -3.71. The second-order valence-electron chi connectivity index (χ2n) is 13.6. The summed E-state index contributed by atoms with van der Waals surface area (Å²) < 4.78 is 31.5. The van der Waals surface area contributed by atoms with Crippen molar-refractivity contribution < 1.29 is 38.4 Å². The van der Waals surface area contributed by atoms with E-state index in [4.69, 9.17) is 23.7 Å². The van der Waals surface area contributed by atoms with Crippen LogP contribution < -0.4 is 4.74 Å². The molecule has 3 aromatic rings. The zero-order valence-electron chi connectivity index (χ0n) is 28.6. The van der Waals surface area contributed by atoms with E-state index in [-0.39, 0.29) is 38.1 Å². The molecular formula is C36H49N3O8Si. The fourth-order valence-corrected chi connectivity index (χ4v) is 6.88. The maximum atomic E-state index is 12.2. The number of likely N-dealkylation sites (tertiary alicyclic amines) is 1. The average molecular weight is 680 g/mol. The molecule has 11 nitrogen and oxygen atoms in total. The summed E-state index contributed by atoms with van der Waals surface area (Å²) in [6, 6.07) is 14.6. The van der Waals surface area contributed by atoms with Crippen LogP contribution in [0.3, 0.4) is 0 Å². The molecule has 2 aromatic carbocycles. The minimum absolute atomic E-state index is 0.0524. The molecule has 2 aliphatic rings. The first-order valence-corrected chi connectivity index (χ1v) is 20.6. The van der Waals surface area contributed by atoms with Gasteiger partial charge in [0.2, 0.25) is 0 Å². The monoisotopic (exact) mass is 679 g/mol. The van der Waals surface area contributed by atoms with E-state index in [1.54, 1.807) is 6.92 Å². The molecule has 3 atom stereocenters. The third kappa shape index (κ3) is 9.68. The first-order chi connectivity index (χ1) is 23.1. The summed E-state index contributed by atoms with van der Waals surface area (Å²) >= 11 is 0. The SMILES string of the molecule is CCOC(=O)COc1cc2c(cnn2COCC[Si](C)(C)C)cc1C1=CCC(OC[C@H]2[C@H](OCc3ccccc3)CCN2C(=O)O)CC1. The van der Waals surface area contributed by atoms with E-state index in [9.17, 15) is 14.7 Å². The Kier molecular flexibility index (Phi) is 12.3. The van der Waals surface area contributed by atoms with E-state index in [1.165, 1.54) is 4.90 Å². The van der Waals surface area contributed by atoms with Crippen molar-refractivity contribution in [1.29, 1.82) is 0 Å². The van der Waals surface area contributed by atoms with Gasteiger partial charge in [-0.25, -0.2) is 14.3 Å². The second kappa shape index (κ2) is 16.6. The second-order valence-corrected chi connectivity index (χ2v) is 19.2. The van der Waals surface area contributed by atoms with Gasteiger partial charge < -0.3 is 33.7 Å². The van der Waals surface area contributed by atoms with Gasteiger partial charge in [0.05, 0.1) is 49.8 Å². The summed E-state index contributed by atoms with van der Waals surface area (Å²) in [6.45, 7) is 11.0. The van der Waals surface area contributed by atoms with E-state index < -0.39 is 20.1 Å². The van der Waals surface area contributed by atoms with Crippen LogP contribution >= 0.6 is 0 Å². The number of ether oxygens (including phenoxy) is 5. The van der Waals surface area contributed by atoms with Gasteiger partial charge in [0.15, 0.2) is 6.61 Å². The number of carboxylic acid groups (broad SMARTS) is 1. The third-order valence-corrected chi connectivity index (χ3v) is 10.6. The van der Waals surface area contributed by atoms with Crippen molar-refractivity contribution in [2.24, 2.45) is 0 Å². The number of amides is 1. The van der Waals surface area contributed by atoms with Crippen molar-refractivity contribution in [3.63, 3.8) is 0 Å². The van der Waals surface area contributed by atoms with Crippen LogP contribution in [0.4, 0.5) is 4.79 Å². The summed E-state index contributed by atoms with van der Waals surface area (Å²) in [5, 5.41) is 15.4. The topological polar surface area (TPSA) is 122 Å². The van der Waals surface area contributed by atoms with Crippen molar-refractivity contribution in [2.45, 2.75) is 89.9 Å². The maximum absolute atomic E-state index is 12.2. The molecule has 2 heterocycles. The van der Waals surface area contributed by atoms with Gasteiger partial charge in [0.25, 0.3) is 0 Å². The number of hydrogen-bond donors (Lipinski definition) is 1. The van der Waals surface area contributed by atoms with Crippen LogP contribution in [0, 0.1) is 0 Å². The number of carbonyl (C=O) groups excluding carboxylic acids is 1. The Morgan fingerprint density at radius 2 is 1.90 bits per heavy atom. The number of fused-ring (bicyclic) bond motifs is 1. The molecule has 1 amide bonds. The molecule has 48 heavy (non-hydrogen) atoms. The van der Waals surface area contributed by atoms with Crippen LogP contribution in [-0.4, -0.2) is 91.1 Å². The molecule has 260 valence electrons. The van der Waals surface area contributed by atoms with Gasteiger partial charge in [-0.2, -0.15) is 5.10 Å². The number of aromatic nitrogens is 2. The van der Waals surface area contributed by atoms with Crippen molar-refractivity contribution in [3.8, 4) is 5.75 Å². The highest BCUT2D eigenvalue weighted by molar-refractivity contribution is 6.76. The van der Waals surface area contributed by atoms with Gasteiger partial charge in [-0.05, 0) is 55.9 Å². The largest absolute Gasteiger partial charge is 0.481 e. The van der Waals surface area contributed by atoms with Gasteiger partial charge in [-0.3, -0.25) is 0 Å². The molecule has 0 spiro atoms. The van der Waals surface area contributed by atoms with Crippen molar-refractivity contribution >= 4 is 36.6 Å². The lowest BCUT2D eigenvalue weighted by atomic mass is 9.91. The van der Waals surface area contributed by atoms with Crippen LogP contribution in [0.1, 0.15) is 43.7 Å². The molecule has 0 bridgehead atoms. The Morgan fingerprint density at radius 3 is 2.60 bits per heavy atom. The fourth-order valence-electron chi connectivity index (χ4n) is 6.12. The highest BCUT2D eigenvalue weighted by Gasteiger charge is 2.38. The van der Waals surface area contributed by atoms with Gasteiger partial charge in [-0.15, -0.1) is 0 Å². The van der Waals surface area contributed by atoms with Crippen LogP contribution in [0.2, 0.25) is 25.7 Å². The molecule has 1 unspecified atom stereocenters. The zero-order chi connectivity index (χ0) is 34.1. The molecule has 1 saturated heterocycles. The highest BCUT2D eigenvalue weighted by Crippen LogP contribution is 2.37. The van der Waals surface area contributed by atoms with Crippen LogP contribution in [0.25, 0.3) is 16.5 Å². The number of carbonyl (C=O) groups is 2. The number of allylic oxidation sites excluding steroid dienone is 1. The van der Waals surface area contributed by atoms with Gasteiger partial charge in [-0.1, -0.05) is 56.0 Å². The Morgan fingerprint density at radius 1 is 1.08 bits per heavy atom. The molecule has 12 heteroatoms. The van der Waals surface area contributed by atoms with Crippen LogP contribution in [-0.2, 0) is 37.1 Å². The predicted molar refractivity (Wildman–Crippen MR) is 186 cm³/mol. The van der Waals surface area contributed by atoms with Gasteiger partial charge in [0, 0.05) is 38.2 Å². The standard InChI is InChI=1S/C36H49N3O8Si/c1-5-44-35(40)24-47-34-20-31-28(21-37-39(31)25-43-17-18-48(2,3)4)19-30(34)27-11-13-29(14-12-27)45-23-32-33(15-16-38(32)36(41)42)46-22-26-9-7-6-8-10-26/h6-11,19-21,29,32-33H,5,12-18,22-25H2,1-4H3,(H,41,42)/t29?,32-,33+/m0/s1. The predicted octanol–water partition coefficient (Wildman–Crippen LogP) is 6.58. The van der Waals surface area contributed by atoms with Crippen molar-refractivity contribution in [2.75, 3.05) is 33.0 Å². The van der Waals surface area contributed by atoms with Crippen LogP contribution in [0.15, 0.2) is 54.7 Å². The minimum atomic E-state index is -1.21. The van der Waals surface area contributed by atoms with E-state index in [0.717, 1.165) is 46.5 Å². The Bertz CT molecular complexity index is 1550. The van der Waals surface area contributed by atoms with Crippen LogP contribution in [0.5, 0.6) is 5.75 Å². The van der Waals surface area contributed by atoms with E-state index in [2.05, 4.69) is 36.9 Å². The molecule has 1 N–H and O–H groups in total. The quantitative estimate of drug-likeness (QED) is 0.102. The molecule has 0 radical (unpaired) electrons. The normalized spacial score (nSPS) is 19.8. The summed E-state index contributed by atoms with van der Waals surface area (Å²) in [5.41, 5.74) is 3.93. The van der Waals surface area contributed by atoms with E-state index >= 15 is 0 Å². The molecule has 5 rings (SSSR count). The average Bonchev–Trinajstić information content (AvgIpc) is 3.67. The summed E-state index contributed by atoms with van der Waals surface area (Å²) in [4.78, 5) is 25.6. The van der Waals surface area contributed by atoms with Gasteiger partial charge in [0.1, 0.15) is 12.5 Å². The van der Waals surface area contributed by atoms with Gasteiger partial charge >= 0.3 is 12.1 Å². The zero-order valence-corrected chi connectivity index (χ0v) is 29.6. The fraction of sp³-hybridized carbons (Fsp3) is 0.528. The first-order valence-electron chi connectivity index (χ1n) is 16.9. The third-order valence-electron chi connectivity index (χ3n) is 8.85. The highest BCUT2D eigenvalue weighted by atomic mass is 28.3. The molecule has 1 fully saturated rings. The summed E-state index contributed by atoms with van der Waals surface area (Å²) in [7, 11) is -1.21. The maximum Gasteiger partial charge on any atom is 0.407 e. The smallest absolute Gasteiger partial charge is 0.407 e. The lowest BCUT2D eigenvalue weighted by Gasteiger charge is -2.29. The van der Waals surface area contributed by atoms with E-state index in [0.29, 0.717) is 45.1 Å². The number of nitrogens with zero attached hydrogens (tertiary/aromatic N) is 3. The summed E-state index contributed by atoms with van der Waals surface area (Å²) in [6.07, 6.45) is 5.57. The lowest BCUT2D eigenvalue weighted by Crippen LogP contribution is -2.43. The number of esters is 1. The summed E-state index contributed by atoms with van der Waals surface area (Å²) in [5.74, 6) is 0.165. The van der Waals surface area contributed by atoms with E-state index in [1.807, 2.05) is 47.3 Å². The Labute approximate surface area is 283 Å². The molecule has 1 aliphatic carbocycles. The molecular weight excluding hydrogens is 630 g/mol. The number of benzene rings is 2. The molecule has 1 aromatic heterocycles. The van der Waals surface area contributed by atoms with Crippen molar-refractivity contribution in [3.05, 3.63) is 65.9 Å². The Balaban J connectivity index is 1.25.